The Balaban J connectivity index is 1.51. The summed E-state index contributed by atoms with van der Waals surface area (Å²) in [5.74, 6) is 2.81. The SMILES string of the molecule is C#CCCCC(=O)N1CCOC2(CCN(Cc3cccc(Cl)c3)CC2)C1. The van der Waals surface area contributed by atoms with Crippen molar-refractivity contribution in [1.29, 1.82) is 0 Å². The summed E-state index contributed by atoms with van der Waals surface area (Å²) in [7, 11) is 0. The fourth-order valence-electron chi connectivity index (χ4n) is 3.87. The van der Waals surface area contributed by atoms with Crippen molar-refractivity contribution in [2.75, 3.05) is 32.8 Å². The Morgan fingerprint density at radius 2 is 2.12 bits per heavy atom. The van der Waals surface area contributed by atoms with Gasteiger partial charge in [-0.15, -0.1) is 12.3 Å². The minimum atomic E-state index is -0.176. The highest BCUT2D eigenvalue weighted by atomic mass is 35.5. The van der Waals surface area contributed by atoms with Crippen LogP contribution in [0.4, 0.5) is 0 Å². The number of ether oxygens (including phenoxy) is 1. The van der Waals surface area contributed by atoms with Gasteiger partial charge in [-0.3, -0.25) is 9.69 Å². The molecular weight excluding hydrogens is 348 g/mol. The van der Waals surface area contributed by atoms with E-state index in [1.54, 1.807) is 0 Å². The Morgan fingerprint density at radius 1 is 1.31 bits per heavy atom. The summed E-state index contributed by atoms with van der Waals surface area (Å²) in [4.78, 5) is 16.8. The van der Waals surface area contributed by atoms with Gasteiger partial charge in [-0.1, -0.05) is 23.7 Å². The molecule has 26 heavy (non-hydrogen) atoms. The van der Waals surface area contributed by atoms with Crippen LogP contribution in [0.1, 0.15) is 37.7 Å². The lowest BCUT2D eigenvalue weighted by atomic mass is 9.89. The Hall–Kier alpha value is -1.54. The third-order valence-electron chi connectivity index (χ3n) is 5.38. The average Bonchev–Trinajstić information content (AvgIpc) is 2.64. The van der Waals surface area contributed by atoms with Crippen LogP contribution in [0.3, 0.4) is 0 Å². The maximum atomic E-state index is 12.4. The van der Waals surface area contributed by atoms with Crippen LogP contribution in [0, 0.1) is 12.3 Å². The van der Waals surface area contributed by atoms with Gasteiger partial charge in [-0.05, 0) is 37.0 Å². The molecule has 1 aromatic carbocycles. The number of piperidine rings is 1. The summed E-state index contributed by atoms with van der Waals surface area (Å²) < 4.78 is 6.16. The van der Waals surface area contributed by atoms with Crippen LogP contribution in [0.5, 0.6) is 0 Å². The number of carbonyl (C=O) groups excluding carboxylic acids is 1. The Kier molecular flexibility index (Phi) is 6.58. The molecule has 0 unspecified atom stereocenters. The minimum Gasteiger partial charge on any atom is -0.371 e. The largest absolute Gasteiger partial charge is 0.371 e. The molecule has 3 rings (SSSR count). The topological polar surface area (TPSA) is 32.8 Å². The van der Waals surface area contributed by atoms with Crippen LogP contribution in [0.25, 0.3) is 0 Å². The van der Waals surface area contributed by atoms with Crippen LogP contribution in [0.15, 0.2) is 24.3 Å². The summed E-state index contributed by atoms with van der Waals surface area (Å²) in [5.41, 5.74) is 1.06. The molecule has 0 bridgehead atoms. The molecule has 5 heteroatoms. The molecule has 2 aliphatic heterocycles. The number of halogens is 1. The quantitative estimate of drug-likeness (QED) is 0.585. The highest BCUT2D eigenvalue weighted by Crippen LogP contribution is 2.31. The van der Waals surface area contributed by atoms with E-state index in [-0.39, 0.29) is 11.5 Å². The standard InChI is InChI=1S/C21H27ClN2O2/c1-2-3-4-8-20(25)24-13-14-26-21(17-24)9-11-23(12-10-21)16-18-6-5-7-19(22)15-18/h1,5-7,15H,3-4,8-14,16-17H2. The molecule has 1 aromatic rings. The van der Waals surface area contributed by atoms with E-state index in [9.17, 15) is 4.79 Å². The molecule has 1 amide bonds. The van der Waals surface area contributed by atoms with Crippen molar-refractivity contribution < 1.29 is 9.53 Å². The summed E-state index contributed by atoms with van der Waals surface area (Å²) in [5, 5.41) is 0.783. The van der Waals surface area contributed by atoms with E-state index in [1.807, 2.05) is 23.1 Å². The molecule has 0 atom stereocenters. The molecule has 0 aliphatic carbocycles. The highest BCUT2D eigenvalue weighted by Gasteiger charge is 2.40. The van der Waals surface area contributed by atoms with Crippen molar-refractivity contribution in [3.05, 3.63) is 34.9 Å². The van der Waals surface area contributed by atoms with Crippen molar-refractivity contribution >= 4 is 17.5 Å². The van der Waals surface area contributed by atoms with Crippen LogP contribution in [0.2, 0.25) is 5.02 Å². The predicted molar refractivity (Wildman–Crippen MR) is 104 cm³/mol. The van der Waals surface area contributed by atoms with Gasteiger partial charge in [0.2, 0.25) is 5.91 Å². The van der Waals surface area contributed by atoms with Crippen LogP contribution >= 0.6 is 11.6 Å². The fraction of sp³-hybridized carbons (Fsp3) is 0.571. The molecule has 1 spiro atoms. The summed E-state index contributed by atoms with van der Waals surface area (Å²) in [6.07, 6.45) is 9.17. The monoisotopic (exact) mass is 374 g/mol. The van der Waals surface area contributed by atoms with Crippen LogP contribution in [-0.2, 0) is 16.1 Å². The van der Waals surface area contributed by atoms with Gasteiger partial charge in [-0.2, -0.15) is 0 Å². The van der Waals surface area contributed by atoms with Gasteiger partial charge in [-0.25, -0.2) is 0 Å². The molecule has 2 heterocycles. The molecule has 2 aliphatic rings. The molecule has 2 saturated heterocycles. The third kappa shape index (κ3) is 5.01. The first-order valence-corrected chi connectivity index (χ1v) is 9.80. The zero-order chi connectivity index (χ0) is 18.4. The molecule has 140 valence electrons. The Labute approximate surface area is 161 Å². The number of hydrogen-bond acceptors (Lipinski definition) is 3. The number of nitrogens with zero attached hydrogens (tertiary/aromatic N) is 2. The van der Waals surface area contributed by atoms with Gasteiger partial charge in [0.05, 0.1) is 12.2 Å². The maximum Gasteiger partial charge on any atom is 0.222 e. The normalized spacial score (nSPS) is 20.1. The van der Waals surface area contributed by atoms with E-state index in [0.717, 1.165) is 43.9 Å². The van der Waals surface area contributed by atoms with Crippen LogP contribution in [-0.4, -0.2) is 54.1 Å². The summed E-state index contributed by atoms with van der Waals surface area (Å²) in [6.45, 7) is 4.91. The van der Waals surface area contributed by atoms with E-state index in [0.29, 0.717) is 32.5 Å². The van der Waals surface area contributed by atoms with E-state index in [4.69, 9.17) is 22.8 Å². The maximum absolute atomic E-state index is 12.4. The zero-order valence-electron chi connectivity index (χ0n) is 15.3. The number of rotatable bonds is 5. The van der Waals surface area contributed by atoms with Gasteiger partial charge >= 0.3 is 0 Å². The van der Waals surface area contributed by atoms with E-state index in [2.05, 4.69) is 16.9 Å². The van der Waals surface area contributed by atoms with Crippen molar-refractivity contribution in [3.8, 4) is 12.3 Å². The van der Waals surface area contributed by atoms with Gasteiger partial charge in [0.25, 0.3) is 0 Å². The number of terminal acetylenes is 1. The minimum absolute atomic E-state index is 0.176. The number of unbranched alkanes of at least 4 members (excludes halogenated alkanes) is 1. The fourth-order valence-corrected chi connectivity index (χ4v) is 4.09. The molecule has 0 aromatic heterocycles. The van der Waals surface area contributed by atoms with Crippen molar-refractivity contribution in [2.45, 2.75) is 44.2 Å². The first kappa shape index (κ1) is 19.2. The van der Waals surface area contributed by atoms with Crippen molar-refractivity contribution in [3.63, 3.8) is 0 Å². The lowest BCUT2D eigenvalue weighted by molar-refractivity contribution is -0.159. The van der Waals surface area contributed by atoms with E-state index < -0.39 is 0 Å². The Bertz CT molecular complexity index is 662. The Morgan fingerprint density at radius 3 is 2.85 bits per heavy atom. The van der Waals surface area contributed by atoms with Crippen molar-refractivity contribution in [1.82, 2.24) is 9.80 Å². The number of carbonyl (C=O) groups is 1. The first-order chi connectivity index (χ1) is 12.6. The number of hydrogen-bond donors (Lipinski definition) is 0. The highest BCUT2D eigenvalue weighted by molar-refractivity contribution is 6.30. The summed E-state index contributed by atoms with van der Waals surface area (Å²) >= 11 is 6.08. The second kappa shape index (κ2) is 8.90. The molecule has 2 fully saturated rings. The molecular formula is C21H27ClN2O2. The lowest BCUT2D eigenvalue weighted by Crippen LogP contribution is -2.57. The first-order valence-electron chi connectivity index (χ1n) is 9.42. The summed E-state index contributed by atoms with van der Waals surface area (Å²) in [6, 6.07) is 8.04. The van der Waals surface area contributed by atoms with Crippen molar-refractivity contribution in [2.24, 2.45) is 0 Å². The van der Waals surface area contributed by atoms with Gasteiger partial charge in [0.1, 0.15) is 0 Å². The van der Waals surface area contributed by atoms with E-state index >= 15 is 0 Å². The van der Waals surface area contributed by atoms with Gasteiger partial charge in [0.15, 0.2) is 0 Å². The third-order valence-corrected chi connectivity index (χ3v) is 5.61. The molecule has 0 N–H and O–H groups in total. The second-order valence-electron chi connectivity index (χ2n) is 7.31. The molecule has 4 nitrogen and oxygen atoms in total. The average molecular weight is 375 g/mol. The molecule has 0 saturated carbocycles. The number of morpholine rings is 1. The lowest BCUT2D eigenvalue weighted by Gasteiger charge is -2.47. The van der Waals surface area contributed by atoms with Crippen LogP contribution < -0.4 is 0 Å². The van der Waals surface area contributed by atoms with Gasteiger partial charge in [0, 0.05) is 50.6 Å². The number of likely N-dealkylation sites (tertiary alicyclic amines) is 1. The zero-order valence-corrected chi connectivity index (χ0v) is 16.0. The van der Waals surface area contributed by atoms with Gasteiger partial charge < -0.3 is 9.64 Å². The second-order valence-corrected chi connectivity index (χ2v) is 7.75. The van der Waals surface area contributed by atoms with E-state index in [1.165, 1.54) is 5.56 Å². The molecule has 0 radical (unpaired) electrons. The predicted octanol–water partition coefficient (Wildman–Crippen LogP) is 3.34. The number of amides is 1. The number of benzene rings is 1. The smallest absolute Gasteiger partial charge is 0.222 e.